The largest absolute Gasteiger partial charge is 0.471 e. The number of nitrogens with zero attached hydrogens (tertiary/aromatic N) is 4. The Bertz CT molecular complexity index is 919. The van der Waals surface area contributed by atoms with Gasteiger partial charge in [0.1, 0.15) is 5.75 Å². The van der Waals surface area contributed by atoms with Gasteiger partial charge in [0.25, 0.3) is 5.91 Å². The van der Waals surface area contributed by atoms with Crippen LogP contribution in [0.3, 0.4) is 0 Å². The Kier molecular flexibility index (Phi) is 5.48. The second-order valence-corrected chi connectivity index (χ2v) is 7.02. The first-order valence-corrected chi connectivity index (χ1v) is 9.58. The molecule has 1 aliphatic heterocycles. The minimum Gasteiger partial charge on any atom is -0.471 e. The number of hydrogen-bond donors (Lipinski definition) is 0. The highest BCUT2D eigenvalue weighted by atomic mass is 35.5. The molecule has 0 N–H and O–H groups in total. The van der Waals surface area contributed by atoms with Crippen LogP contribution in [0.4, 0.5) is 5.69 Å². The first kappa shape index (κ1) is 18.4. The predicted molar refractivity (Wildman–Crippen MR) is 109 cm³/mol. The zero-order valence-electron chi connectivity index (χ0n) is 15.4. The van der Waals surface area contributed by atoms with Crippen molar-refractivity contribution in [3.8, 4) is 5.75 Å². The Morgan fingerprint density at radius 1 is 0.964 bits per heavy atom. The van der Waals surface area contributed by atoms with E-state index in [0.717, 1.165) is 29.5 Å². The second-order valence-electron chi connectivity index (χ2n) is 6.58. The van der Waals surface area contributed by atoms with Crippen LogP contribution in [0.5, 0.6) is 5.75 Å². The first-order valence-electron chi connectivity index (χ1n) is 9.20. The number of rotatable bonds is 5. The van der Waals surface area contributed by atoms with Gasteiger partial charge in [-0.2, -0.15) is 5.10 Å². The molecule has 3 aromatic rings. The summed E-state index contributed by atoms with van der Waals surface area (Å²) in [5.74, 6) is 0.721. The van der Waals surface area contributed by atoms with Gasteiger partial charge in [0.05, 0.1) is 0 Å². The highest BCUT2D eigenvalue weighted by Crippen LogP contribution is 2.20. The monoisotopic (exact) mass is 396 g/mol. The zero-order chi connectivity index (χ0) is 19.3. The summed E-state index contributed by atoms with van der Waals surface area (Å²) in [5.41, 5.74) is 1.57. The molecule has 1 saturated heterocycles. The average Bonchev–Trinajstić information content (AvgIpc) is 3.22. The van der Waals surface area contributed by atoms with E-state index in [0.29, 0.717) is 18.8 Å². The number of piperazine rings is 1. The van der Waals surface area contributed by atoms with E-state index in [2.05, 4.69) is 10.00 Å². The van der Waals surface area contributed by atoms with E-state index in [1.165, 1.54) is 0 Å². The van der Waals surface area contributed by atoms with Crippen molar-refractivity contribution in [2.75, 3.05) is 31.1 Å². The third-order valence-electron chi connectivity index (χ3n) is 4.73. The van der Waals surface area contributed by atoms with Gasteiger partial charge < -0.3 is 14.5 Å². The topological polar surface area (TPSA) is 50.6 Å². The van der Waals surface area contributed by atoms with E-state index in [1.807, 2.05) is 59.5 Å². The zero-order valence-corrected chi connectivity index (χ0v) is 16.1. The molecule has 28 heavy (non-hydrogen) atoms. The first-order chi connectivity index (χ1) is 13.7. The molecule has 0 unspecified atom stereocenters. The number of hydrogen-bond acceptors (Lipinski definition) is 4. The fourth-order valence-electron chi connectivity index (χ4n) is 3.19. The lowest BCUT2D eigenvalue weighted by atomic mass is 10.2. The van der Waals surface area contributed by atoms with Crippen LogP contribution in [0.25, 0.3) is 0 Å². The molecule has 0 aliphatic carbocycles. The van der Waals surface area contributed by atoms with Crippen molar-refractivity contribution in [2.24, 2.45) is 0 Å². The highest BCUT2D eigenvalue weighted by molar-refractivity contribution is 6.30. The fourth-order valence-corrected chi connectivity index (χ4v) is 3.31. The van der Waals surface area contributed by atoms with Crippen molar-refractivity contribution in [3.63, 3.8) is 0 Å². The van der Waals surface area contributed by atoms with Crippen LogP contribution in [0, 0.1) is 0 Å². The molecule has 1 amide bonds. The third-order valence-corrected chi connectivity index (χ3v) is 4.98. The van der Waals surface area contributed by atoms with Crippen LogP contribution < -0.4 is 9.64 Å². The minimum atomic E-state index is -0.0470. The third kappa shape index (κ3) is 4.28. The molecule has 144 valence electrons. The van der Waals surface area contributed by atoms with Gasteiger partial charge in [0, 0.05) is 43.1 Å². The molecule has 1 aromatic heterocycles. The molecule has 1 fully saturated rings. The number of amides is 1. The van der Waals surface area contributed by atoms with Crippen molar-refractivity contribution in [3.05, 3.63) is 77.6 Å². The number of anilines is 1. The van der Waals surface area contributed by atoms with Crippen LogP contribution in [0.15, 0.2) is 66.9 Å². The van der Waals surface area contributed by atoms with Crippen LogP contribution in [0.1, 0.15) is 10.5 Å². The highest BCUT2D eigenvalue weighted by Gasteiger charge is 2.23. The molecular formula is C21H21ClN4O2. The lowest BCUT2D eigenvalue weighted by Crippen LogP contribution is -2.48. The van der Waals surface area contributed by atoms with Crippen molar-refractivity contribution in [1.29, 1.82) is 0 Å². The average molecular weight is 397 g/mol. The van der Waals surface area contributed by atoms with Gasteiger partial charge in [-0.25, -0.2) is 4.68 Å². The van der Waals surface area contributed by atoms with Gasteiger partial charge >= 0.3 is 0 Å². The van der Waals surface area contributed by atoms with Crippen molar-refractivity contribution >= 4 is 23.2 Å². The summed E-state index contributed by atoms with van der Waals surface area (Å²) in [5, 5.41) is 5.09. The van der Waals surface area contributed by atoms with Gasteiger partial charge in [-0.1, -0.05) is 29.8 Å². The lowest BCUT2D eigenvalue weighted by Gasteiger charge is -2.35. The smallest absolute Gasteiger partial charge is 0.274 e. The molecule has 4 rings (SSSR count). The minimum absolute atomic E-state index is 0.0470. The molecule has 1 aliphatic rings. The van der Waals surface area contributed by atoms with Crippen molar-refractivity contribution in [2.45, 2.75) is 6.73 Å². The summed E-state index contributed by atoms with van der Waals surface area (Å²) in [7, 11) is 0. The second kappa shape index (κ2) is 8.35. The molecule has 0 bridgehead atoms. The Labute approximate surface area is 168 Å². The number of carbonyl (C=O) groups is 1. The maximum atomic E-state index is 12.7. The van der Waals surface area contributed by atoms with Gasteiger partial charge in [0.15, 0.2) is 12.4 Å². The number of aromatic nitrogens is 2. The molecule has 0 atom stereocenters. The van der Waals surface area contributed by atoms with Gasteiger partial charge in [-0.15, -0.1) is 0 Å². The molecule has 2 heterocycles. The van der Waals surface area contributed by atoms with E-state index >= 15 is 0 Å². The summed E-state index contributed by atoms with van der Waals surface area (Å²) in [6, 6.07) is 19.1. The van der Waals surface area contributed by atoms with E-state index in [4.69, 9.17) is 16.3 Å². The van der Waals surface area contributed by atoms with Gasteiger partial charge in [-0.05, 0) is 42.5 Å². The lowest BCUT2D eigenvalue weighted by molar-refractivity contribution is 0.0738. The summed E-state index contributed by atoms with van der Waals surface area (Å²) < 4.78 is 7.29. The number of halogens is 1. The van der Waals surface area contributed by atoms with Crippen LogP contribution in [0.2, 0.25) is 5.02 Å². The van der Waals surface area contributed by atoms with E-state index < -0.39 is 0 Å². The van der Waals surface area contributed by atoms with Crippen LogP contribution in [-0.2, 0) is 6.73 Å². The van der Waals surface area contributed by atoms with Crippen LogP contribution >= 0.6 is 11.6 Å². The summed E-state index contributed by atoms with van der Waals surface area (Å²) in [6.45, 7) is 3.15. The quantitative estimate of drug-likeness (QED) is 0.662. The van der Waals surface area contributed by atoms with Crippen LogP contribution in [-0.4, -0.2) is 46.8 Å². The van der Waals surface area contributed by atoms with E-state index in [1.54, 1.807) is 16.9 Å². The molecule has 0 saturated carbocycles. The standard InChI is InChI=1S/C21H21ClN4O2/c22-17-6-8-18(9-7-17)24-12-14-25(15-13-24)21(27)20-10-11-26(23-20)16-28-19-4-2-1-3-5-19/h1-11H,12-16H2. The number of carbonyl (C=O) groups excluding carboxylic acids is 1. The normalized spacial score (nSPS) is 14.2. The van der Waals surface area contributed by atoms with Crippen molar-refractivity contribution < 1.29 is 9.53 Å². The molecular weight excluding hydrogens is 376 g/mol. The Morgan fingerprint density at radius 2 is 1.68 bits per heavy atom. The Hall–Kier alpha value is -2.99. The Morgan fingerprint density at radius 3 is 2.39 bits per heavy atom. The summed E-state index contributed by atoms with van der Waals surface area (Å²) >= 11 is 5.95. The van der Waals surface area contributed by atoms with E-state index in [-0.39, 0.29) is 12.6 Å². The summed E-state index contributed by atoms with van der Waals surface area (Å²) in [4.78, 5) is 16.8. The molecule has 2 aromatic carbocycles. The number of ether oxygens (including phenoxy) is 1. The van der Waals surface area contributed by atoms with Gasteiger partial charge in [0.2, 0.25) is 0 Å². The molecule has 0 radical (unpaired) electrons. The summed E-state index contributed by atoms with van der Waals surface area (Å²) in [6.07, 6.45) is 1.76. The molecule has 6 nitrogen and oxygen atoms in total. The number of benzene rings is 2. The van der Waals surface area contributed by atoms with E-state index in [9.17, 15) is 4.79 Å². The maximum absolute atomic E-state index is 12.7. The maximum Gasteiger partial charge on any atom is 0.274 e. The SMILES string of the molecule is O=C(c1ccn(COc2ccccc2)n1)N1CCN(c2ccc(Cl)cc2)CC1. The van der Waals surface area contributed by atoms with Gasteiger partial charge in [-0.3, -0.25) is 4.79 Å². The molecule has 0 spiro atoms. The predicted octanol–water partition coefficient (Wildman–Crippen LogP) is 3.54. The Balaban J connectivity index is 1.31. The molecule has 7 heteroatoms. The number of para-hydroxylation sites is 1. The van der Waals surface area contributed by atoms with Crippen molar-refractivity contribution in [1.82, 2.24) is 14.7 Å². The fraction of sp³-hybridized carbons (Fsp3) is 0.238.